The lowest BCUT2D eigenvalue weighted by atomic mass is 9.91. The molecule has 1 rings (SSSR count). The van der Waals surface area contributed by atoms with Gasteiger partial charge in [-0.15, -0.1) is 0 Å². The van der Waals surface area contributed by atoms with Gasteiger partial charge in [0, 0.05) is 0 Å². The maximum absolute atomic E-state index is 11.7. The van der Waals surface area contributed by atoms with Crippen LogP contribution >= 0.6 is 0 Å². The molecule has 1 aliphatic carbocycles. The van der Waals surface area contributed by atoms with Gasteiger partial charge in [0.05, 0.1) is 12.5 Å². The smallest absolute Gasteiger partial charge is 0.309 e. The molecule has 0 heterocycles. The van der Waals surface area contributed by atoms with Crippen molar-refractivity contribution in [2.24, 2.45) is 11.8 Å². The van der Waals surface area contributed by atoms with Crippen molar-refractivity contribution in [2.45, 2.75) is 52.4 Å². The van der Waals surface area contributed by atoms with Crippen LogP contribution in [0.2, 0.25) is 0 Å². The molecule has 0 bridgehead atoms. The number of carbonyl (C=O) groups is 1. The van der Waals surface area contributed by atoms with E-state index in [1.165, 1.54) is 12.8 Å². The van der Waals surface area contributed by atoms with Gasteiger partial charge in [-0.05, 0) is 44.9 Å². The Morgan fingerprint density at radius 3 is 2.81 bits per heavy atom. The van der Waals surface area contributed by atoms with Gasteiger partial charge < -0.3 is 4.74 Å². The molecule has 0 aromatic carbocycles. The molecule has 16 heavy (non-hydrogen) atoms. The van der Waals surface area contributed by atoms with Gasteiger partial charge in [-0.2, -0.15) is 0 Å². The van der Waals surface area contributed by atoms with Crippen molar-refractivity contribution in [1.29, 1.82) is 0 Å². The number of allylic oxidation sites excluding steroid dienone is 2. The van der Waals surface area contributed by atoms with E-state index in [-0.39, 0.29) is 11.9 Å². The highest BCUT2D eigenvalue weighted by Gasteiger charge is 2.33. The lowest BCUT2D eigenvalue weighted by Crippen LogP contribution is -2.21. The first-order chi connectivity index (χ1) is 7.79. The highest BCUT2D eigenvalue weighted by Crippen LogP contribution is 2.35. The van der Waals surface area contributed by atoms with Crippen molar-refractivity contribution in [3.8, 4) is 0 Å². The molecule has 1 aliphatic rings. The fourth-order valence-electron chi connectivity index (χ4n) is 2.54. The first-order valence-corrected chi connectivity index (χ1v) is 6.61. The molecule has 1 saturated carbocycles. The van der Waals surface area contributed by atoms with Crippen molar-refractivity contribution in [3.05, 3.63) is 12.2 Å². The zero-order valence-electron chi connectivity index (χ0n) is 10.6. The van der Waals surface area contributed by atoms with Gasteiger partial charge in [-0.1, -0.05) is 25.5 Å². The van der Waals surface area contributed by atoms with E-state index in [0.29, 0.717) is 12.5 Å². The van der Waals surface area contributed by atoms with Crippen LogP contribution in [0.15, 0.2) is 12.2 Å². The van der Waals surface area contributed by atoms with Gasteiger partial charge in [0.15, 0.2) is 0 Å². The summed E-state index contributed by atoms with van der Waals surface area (Å²) in [5.74, 6) is 0.764. The molecule has 2 atom stereocenters. The second kappa shape index (κ2) is 7.48. The zero-order chi connectivity index (χ0) is 11.8. The molecule has 92 valence electrons. The Kier molecular flexibility index (Phi) is 6.20. The Morgan fingerprint density at radius 2 is 2.12 bits per heavy atom. The van der Waals surface area contributed by atoms with E-state index in [0.717, 1.165) is 25.7 Å². The fourth-order valence-corrected chi connectivity index (χ4v) is 2.54. The lowest BCUT2D eigenvalue weighted by molar-refractivity contribution is -0.149. The number of ether oxygens (including phenoxy) is 1. The minimum Gasteiger partial charge on any atom is -0.466 e. The van der Waals surface area contributed by atoms with E-state index in [1.54, 1.807) is 0 Å². The summed E-state index contributed by atoms with van der Waals surface area (Å²) >= 11 is 0. The van der Waals surface area contributed by atoms with Crippen molar-refractivity contribution < 1.29 is 9.53 Å². The molecule has 1 unspecified atom stereocenters. The van der Waals surface area contributed by atoms with Crippen LogP contribution < -0.4 is 0 Å². The molecule has 2 heteroatoms. The number of hydrogen-bond donors (Lipinski definition) is 0. The molecule has 0 amide bonds. The summed E-state index contributed by atoms with van der Waals surface area (Å²) < 4.78 is 5.13. The maximum atomic E-state index is 11.7. The van der Waals surface area contributed by atoms with Gasteiger partial charge in [-0.3, -0.25) is 4.79 Å². The highest BCUT2D eigenvalue weighted by atomic mass is 16.5. The number of carbonyl (C=O) groups excluding carboxylic acids is 1. The number of rotatable bonds is 6. The minimum atomic E-state index is 0.0319. The second-order valence-electron chi connectivity index (χ2n) is 4.51. The van der Waals surface area contributed by atoms with Crippen molar-refractivity contribution in [3.63, 3.8) is 0 Å². The number of esters is 1. The standard InChI is InChI=1S/C14H24O2/c1-3-5-6-7-9-12-10-8-11-13(12)14(15)16-4-2/h5-6,12-13H,3-4,7-11H2,1-2H3/b6-5-/t12-,13?/m0/s1. The summed E-state index contributed by atoms with van der Waals surface area (Å²) in [7, 11) is 0. The third-order valence-electron chi connectivity index (χ3n) is 3.35. The second-order valence-corrected chi connectivity index (χ2v) is 4.51. The fraction of sp³-hybridized carbons (Fsp3) is 0.786. The van der Waals surface area contributed by atoms with E-state index in [1.807, 2.05) is 6.92 Å². The summed E-state index contributed by atoms with van der Waals surface area (Å²) in [6.45, 7) is 4.54. The van der Waals surface area contributed by atoms with Gasteiger partial charge in [0.1, 0.15) is 0 Å². The predicted octanol–water partition coefficient (Wildman–Crippen LogP) is 3.71. The molecule has 0 spiro atoms. The van der Waals surface area contributed by atoms with Crippen molar-refractivity contribution in [1.82, 2.24) is 0 Å². The molecule has 0 radical (unpaired) electrons. The zero-order valence-corrected chi connectivity index (χ0v) is 10.6. The van der Waals surface area contributed by atoms with E-state index >= 15 is 0 Å². The highest BCUT2D eigenvalue weighted by molar-refractivity contribution is 5.73. The Labute approximate surface area is 99.1 Å². The average Bonchev–Trinajstić information content (AvgIpc) is 2.73. The third kappa shape index (κ3) is 3.99. The minimum absolute atomic E-state index is 0.0319. The monoisotopic (exact) mass is 224 g/mol. The summed E-state index contributed by atoms with van der Waals surface area (Å²) in [6, 6.07) is 0. The first kappa shape index (κ1) is 13.3. The van der Waals surface area contributed by atoms with Gasteiger partial charge in [0.25, 0.3) is 0 Å². The van der Waals surface area contributed by atoms with Crippen molar-refractivity contribution >= 4 is 5.97 Å². The molecule has 2 nitrogen and oxygen atoms in total. The predicted molar refractivity (Wildman–Crippen MR) is 66.1 cm³/mol. The van der Waals surface area contributed by atoms with Crippen LogP contribution in [0.25, 0.3) is 0 Å². The molecule has 0 aliphatic heterocycles. The van der Waals surface area contributed by atoms with Crippen LogP contribution in [0.3, 0.4) is 0 Å². The topological polar surface area (TPSA) is 26.3 Å². The average molecular weight is 224 g/mol. The molecule has 1 fully saturated rings. The maximum Gasteiger partial charge on any atom is 0.309 e. The quantitative estimate of drug-likeness (QED) is 0.508. The van der Waals surface area contributed by atoms with Crippen LogP contribution in [-0.2, 0) is 9.53 Å². The Balaban J connectivity index is 2.34. The molecular formula is C14H24O2. The molecule has 0 aromatic heterocycles. The van der Waals surface area contributed by atoms with Crippen LogP contribution in [0, 0.1) is 11.8 Å². The number of hydrogen-bond acceptors (Lipinski definition) is 2. The summed E-state index contributed by atoms with van der Waals surface area (Å²) in [5, 5.41) is 0. The molecular weight excluding hydrogens is 200 g/mol. The Bertz CT molecular complexity index is 233. The summed E-state index contributed by atoms with van der Waals surface area (Å²) in [6.07, 6.45) is 11.2. The van der Waals surface area contributed by atoms with E-state index in [2.05, 4.69) is 19.1 Å². The molecule has 0 N–H and O–H groups in total. The lowest BCUT2D eigenvalue weighted by Gasteiger charge is -2.17. The Hall–Kier alpha value is -0.790. The summed E-state index contributed by atoms with van der Waals surface area (Å²) in [5.41, 5.74) is 0. The van der Waals surface area contributed by atoms with E-state index < -0.39 is 0 Å². The van der Waals surface area contributed by atoms with Crippen LogP contribution in [-0.4, -0.2) is 12.6 Å². The van der Waals surface area contributed by atoms with E-state index in [9.17, 15) is 4.79 Å². The molecule has 0 aromatic rings. The van der Waals surface area contributed by atoms with Gasteiger partial charge in [-0.25, -0.2) is 0 Å². The van der Waals surface area contributed by atoms with Crippen LogP contribution in [0.5, 0.6) is 0 Å². The van der Waals surface area contributed by atoms with Crippen LogP contribution in [0.4, 0.5) is 0 Å². The Morgan fingerprint density at radius 1 is 1.31 bits per heavy atom. The first-order valence-electron chi connectivity index (χ1n) is 6.61. The largest absolute Gasteiger partial charge is 0.466 e. The van der Waals surface area contributed by atoms with E-state index in [4.69, 9.17) is 4.74 Å². The molecule has 0 saturated heterocycles. The van der Waals surface area contributed by atoms with Gasteiger partial charge in [0.2, 0.25) is 0 Å². The van der Waals surface area contributed by atoms with Crippen LogP contribution in [0.1, 0.15) is 52.4 Å². The van der Waals surface area contributed by atoms with Crippen molar-refractivity contribution in [2.75, 3.05) is 6.61 Å². The summed E-state index contributed by atoms with van der Waals surface area (Å²) in [4.78, 5) is 11.7. The SMILES string of the molecule is CC/C=C\CC[C@H]1CCCC1C(=O)OCC. The normalized spacial score (nSPS) is 25.1. The van der Waals surface area contributed by atoms with Gasteiger partial charge >= 0.3 is 5.97 Å². The third-order valence-corrected chi connectivity index (χ3v) is 3.35.